The lowest BCUT2D eigenvalue weighted by atomic mass is 10.0. The van der Waals surface area contributed by atoms with Crippen molar-refractivity contribution in [2.24, 2.45) is 0 Å². The van der Waals surface area contributed by atoms with Crippen LogP contribution in [0.4, 0.5) is 0 Å². The van der Waals surface area contributed by atoms with Crippen LogP contribution < -0.4 is 4.74 Å². The number of rotatable bonds is 6. The van der Waals surface area contributed by atoms with E-state index in [0.29, 0.717) is 6.54 Å². The summed E-state index contributed by atoms with van der Waals surface area (Å²) in [6.45, 7) is 4.66. The number of carbonyl (C=O) groups excluding carboxylic acids is 1. The number of aromatic amines is 1. The molecule has 0 saturated carbocycles. The van der Waals surface area contributed by atoms with E-state index >= 15 is 0 Å². The van der Waals surface area contributed by atoms with E-state index in [9.17, 15) is 4.79 Å². The molecule has 0 aliphatic carbocycles. The Hall–Kier alpha value is -2.59. The Morgan fingerprint density at radius 1 is 1.24 bits per heavy atom. The molecule has 3 rings (SSSR count). The Kier molecular flexibility index (Phi) is 4.91. The van der Waals surface area contributed by atoms with Gasteiger partial charge < -0.3 is 9.72 Å². The third-order valence-corrected chi connectivity index (χ3v) is 4.75. The molecule has 0 aliphatic heterocycles. The molecule has 3 aromatic rings. The molecule has 2 aromatic carbocycles. The summed E-state index contributed by atoms with van der Waals surface area (Å²) in [6.07, 6.45) is 1.81. The number of hydrogen-bond acceptors (Lipinski definition) is 3. The number of nitrogens with zero attached hydrogens (tertiary/aromatic N) is 1. The number of ether oxygens (including phenoxy) is 1. The zero-order valence-corrected chi connectivity index (χ0v) is 15.2. The van der Waals surface area contributed by atoms with Gasteiger partial charge in [0.1, 0.15) is 5.75 Å². The van der Waals surface area contributed by atoms with E-state index in [-0.39, 0.29) is 11.8 Å². The molecule has 0 fully saturated rings. The summed E-state index contributed by atoms with van der Waals surface area (Å²) in [4.78, 5) is 18.2. The van der Waals surface area contributed by atoms with Crippen molar-refractivity contribution in [1.82, 2.24) is 9.88 Å². The predicted octanol–water partition coefficient (Wildman–Crippen LogP) is 4.19. The lowest BCUT2D eigenvalue weighted by Crippen LogP contribution is -2.35. The quantitative estimate of drug-likeness (QED) is 0.687. The number of Topliss-reactive ketones (excluding diaryl/α,β-unsaturated/α-hetero) is 1. The zero-order valence-electron chi connectivity index (χ0n) is 15.2. The minimum atomic E-state index is -0.232. The van der Waals surface area contributed by atoms with E-state index in [1.807, 2.05) is 56.6 Å². The summed E-state index contributed by atoms with van der Waals surface area (Å²) in [5, 5.41) is 0.973. The smallest absolute Gasteiger partial charge is 0.181 e. The molecule has 130 valence electrons. The van der Waals surface area contributed by atoms with Crippen LogP contribution in [0.3, 0.4) is 0 Å². The van der Waals surface area contributed by atoms with Gasteiger partial charge in [-0.05, 0) is 33.0 Å². The molecule has 0 saturated heterocycles. The summed E-state index contributed by atoms with van der Waals surface area (Å²) in [6, 6.07) is 13.8. The fourth-order valence-corrected chi connectivity index (χ4v) is 3.14. The third-order valence-electron chi connectivity index (χ3n) is 4.75. The van der Waals surface area contributed by atoms with E-state index < -0.39 is 0 Å². The zero-order chi connectivity index (χ0) is 18.0. The molecule has 1 heterocycles. The number of aryl methyl sites for hydroxylation is 1. The van der Waals surface area contributed by atoms with Crippen LogP contribution in [-0.2, 0) is 6.54 Å². The highest BCUT2D eigenvalue weighted by atomic mass is 16.5. The number of fused-ring (bicyclic) bond motifs is 1. The molecule has 0 radical (unpaired) electrons. The first-order valence-corrected chi connectivity index (χ1v) is 8.45. The molecule has 0 spiro atoms. The largest absolute Gasteiger partial charge is 0.496 e. The van der Waals surface area contributed by atoms with Gasteiger partial charge in [0.25, 0.3) is 0 Å². The summed E-state index contributed by atoms with van der Waals surface area (Å²) >= 11 is 0. The molecule has 1 aromatic heterocycles. The molecule has 0 aliphatic rings. The highest BCUT2D eigenvalue weighted by Gasteiger charge is 2.23. The SMILES string of the molecule is COc1ccc(C)cc1CN(C)[C@@H](C)C(=O)c1c[nH]c2ccccc12. The van der Waals surface area contributed by atoms with Crippen molar-refractivity contribution in [2.45, 2.75) is 26.4 Å². The van der Waals surface area contributed by atoms with Crippen LogP contribution in [0.5, 0.6) is 5.75 Å². The summed E-state index contributed by atoms with van der Waals surface area (Å²) in [5.74, 6) is 0.968. The van der Waals surface area contributed by atoms with Crippen LogP contribution in [0.25, 0.3) is 10.9 Å². The number of nitrogens with one attached hydrogen (secondary N) is 1. The number of H-pyrrole nitrogens is 1. The topological polar surface area (TPSA) is 45.3 Å². The number of ketones is 1. The predicted molar refractivity (Wildman–Crippen MR) is 101 cm³/mol. The standard InChI is InChI=1S/C21H24N2O2/c1-14-9-10-20(25-4)16(11-14)13-23(3)15(2)21(24)18-12-22-19-8-6-5-7-17(18)19/h5-12,15,22H,13H2,1-4H3/t15-/m0/s1. The maximum atomic E-state index is 13.0. The van der Waals surface area contributed by atoms with Crippen LogP contribution in [-0.4, -0.2) is 35.9 Å². The Morgan fingerprint density at radius 2 is 2.00 bits per heavy atom. The molecule has 4 nitrogen and oxygen atoms in total. The van der Waals surface area contributed by atoms with Gasteiger partial charge in [-0.2, -0.15) is 0 Å². The van der Waals surface area contributed by atoms with Crippen LogP contribution in [0.15, 0.2) is 48.7 Å². The summed E-state index contributed by atoms with van der Waals surface area (Å²) in [7, 11) is 3.65. The first-order valence-electron chi connectivity index (χ1n) is 8.45. The van der Waals surface area contributed by atoms with Crippen molar-refractivity contribution in [1.29, 1.82) is 0 Å². The Morgan fingerprint density at radius 3 is 2.76 bits per heavy atom. The van der Waals surface area contributed by atoms with Crippen molar-refractivity contribution in [3.8, 4) is 5.75 Å². The van der Waals surface area contributed by atoms with E-state index in [1.54, 1.807) is 7.11 Å². The molecule has 0 bridgehead atoms. The molecule has 1 atom stereocenters. The number of methoxy groups -OCH3 is 1. The van der Waals surface area contributed by atoms with Gasteiger partial charge in [0.15, 0.2) is 5.78 Å². The normalized spacial score (nSPS) is 12.5. The molecular weight excluding hydrogens is 312 g/mol. The van der Waals surface area contributed by atoms with Gasteiger partial charge in [0, 0.05) is 34.8 Å². The van der Waals surface area contributed by atoms with Gasteiger partial charge in [-0.3, -0.25) is 9.69 Å². The van der Waals surface area contributed by atoms with Gasteiger partial charge in [-0.15, -0.1) is 0 Å². The Labute approximate surface area is 148 Å². The van der Waals surface area contributed by atoms with Crippen LogP contribution >= 0.6 is 0 Å². The minimum absolute atomic E-state index is 0.117. The summed E-state index contributed by atoms with van der Waals surface area (Å²) < 4.78 is 5.45. The third kappa shape index (κ3) is 3.44. The first-order chi connectivity index (χ1) is 12.0. The fraction of sp³-hybridized carbons (Fsp3) is 0.286. The van der Waals surface area contributed by atoms with Crippen molar-refractivity contribution in [2.75, 3.05) is 14.2 Å². The molecule has 25 heavy (non-hydrogen) atoms. The number of para-hydroxylation sites is 1. The average molecular weight is 336 g/mol. The van der Waals surface area contributed by atoms with Crippen molar-refractivity contribution in [3.63, 3.8) is 0 Å². The van der Waals surface area contributed by atoms with E-state index in [1.165, 1.54) is 5.56 Å². The van der Waals surface area contributed by atoms with Crippen molar-refractivity contribution in [3.05, 3.63) is 65.4 Å². The number of hydrogen-bond donors (Lipinski definition) is 1. The Bertz CT molecular complexity index is 898. The number of aromatic nitrogens is 1. The second-order valence-electron chi connectivity index (χ2n) is 6.52. The lowest BCUT2D eigenvalue weighted by molar-refractivity contribution is 0.0863. The second-order valence-corrected chi connectivity index (χ2v) is 6.52. The molecule has 0 unspecified atom stereocenters. The first kappa shape index (κ1) is 17.2. The van der Waals surface area contributed by atoms with Crippen molar-refractivity contribution >= 4 is 16.7 Å². The van der Waals surface area contributed by atoms with Gasteiger partial charge >= 0.3 is 0 Å². The fourth-order valence-electron chi connectivity index (χ4n) is 3.14. The monoisotopic (exact) mass is 336 g/mol. The maximum absolute atomic E-state index is 13.0. The van der Waals surface area contributed by atoms with Crippen LogP contribution in [0.2, 0.25) is 0 Å². The van der Waals surface area contributed by atoms with E-state index in [4.69, 9.17) is 4.74 Å². The lowest BCUT2D eigenvalue weighted by Gasteiger charge is -2.24. The van der Waals surface area contributed by atoms with Gasteiger partial charge in [0.2, 0.25) is 0 Å². The van der Waals surface area contributed by atoms with Gasteiger partial charge in [0.05, 0.1) is 13.2 Å². The van der Waals surface area contributed by atoms with Crippen LogP contribution in [0, 0.1) is 6.92 Å². The number of carbonyl (C=O) groups is 1. The second kappa shape index (κ2) is 7.11. The van der Waals surface area contributed by atoms with Gasteiger partial charge in [-0.25, -0.2) is 0 Å². The number of likely N-dealkylation sites (N-methyl/N-ethyl adjacent to an activating group) is 1. The van der Waals surface area contributed by atoms with E-state index in [2.05, 4.69) is 22.9 Å². The van der Waals surface area contributed by atoms with E-state index in [0.717, 1.165) is 27.8 Å². The number of benzene rings is 2. The minimum Gasteiger partial charge on any atom is -0.496 e. The highest BCUT2D eigenvalue weighted by Crippen LogP contribution is 2.24. The molecule has 1 N–H and O–H groups in total. The summed E-state index contributed by atoms with van der Waals surface area (Å²) in [5.41, 5.74) is 4.00. The maximum Gasteiger partial charge on any atom is 0.181 e. The highest BCUT2D eigenvalue weighted by molar-refractivity contribution is 6.10. The van der Waals surface area contributed by atoms with Gasteiger partial charge in [-0.1, -0.05) is 35.9 Å². The van der Waals surface area contributed by atoms with Crippen molar-refractivity contribution < 1.29 is 9.53 Å². The molecule has 0 amide bonds. The molecular formula is C21H24N2O2. The van der Waals surface area contributed by atoms with Crippen LogP contribution in [0.1, 0.15) is 28.4 Å². The molecule has 4 heteroatoms. The average Bonchev–Trinajstić information content (AvgIpc) is 3.04. The Balaban J connectivity index is 1.81.